The summed E-state index contributed by atoms with van der Waals surface area (Å²) in [4.78, 5) is 14.9. The summed E-state index contributed by atoms with van der Waals surface area (Å²) >= 11 is 0. The summed E-state index contributed by atoms with van der Waals surface area (Å²) in [6, 6.07) is 1.24. The van der Waals surface area contributed by atoms with Crippen LogP contribution in [0.4, 0.5) is 0 Å². The molecule has 0 bridgehead atoms. The van der Waals surface area contributed by atoms with Gasteiger partial charge in [0.05, 0.1) is 7.11 Å². The van der Waals surface area contributed by atoms with Crippen LogP contribution in [0.5, 0.6) is 0 Å². The Morgan fingerprint density at radius 2 is 1.90 bits per heavy atom. The average molecular weight is 298 g/mol. The molecule has 2 atom stereocenters. The van der Waals surface area contributed by atoms with Gasteiger partial charge in [0, 0.05) is 24.7 Å². The number of esters is 1. The Hall–Kier alpha value is -0.610. The molecule has 0 aliphatic heterocycles. The Bertz CT molecular complexity index is 342. The van der Waals surface area contributed by atoms with Gasteiger partial charge in [-0.25, -0.2) is 0 Å². The van der Waals surface area contributed by atoms with E-state index in [2.05, 4.69) is 51.8 Å². The van der Waals surface area contributed by atoms with E-state index in [4.69, 9.17) is 4.74 Å². The second-order valence-corrected chi connectivity index (χ2v) is 7.45. The molecule has 21 heavy (non-hydrogen) atoms. The Kier molecular flexibility index (Phi) is 6.67. The number of rotatable bonds is 7. The van der Waals surface area contributed by atoms with Crippen molar-refractivity contribution in [3.8, 4) is 0 Å². The maximum atomic E-state index is 12.3. The van der Waals surface area contributed by atoms with Crippen molar-refractivity contribution in [2.45, 2.75) is 84.5 Å². The van der Waals surface area contributed by atoms with Crippen LogP contribution in [0, 0.1) is 5.92 Å². The van der Waals surface area contributed by atoms with Crippen LogP contribution in [0.2, 0.25) is 0 Å². The lowest BCUT2D eigenvalue weighted by Crippen LogP contribution is -2.55. The fraction of sp³-hybridized carbons (Fsp3) is 0.941. The molecule has 2 unspecified atom stereocenters. The van der Waals surface area contributed by atoms with E-state index in [1.54, 1.807) is 0 Å². The molecule has 1 aliphatic carbocycles. The SMILES string of the molecule is COC(=O)C1(NC(C)C)CCC(N(CC(C)C)C(C)C)C1. The van der Waals surface area contributed by atoms with Gasteiger partial charge in [0.15, 0.2) is 0 Å². The number of nitrogens with zero attached hydrogens (tertiary/aromatic N) is 1. The zero-order valence-electron chi connectivity index (χ0n) is 14.9. The minimum absolute atomic E-state index is 0.105. The van der Waals surface area contributed by atoms with E-state index >= 15 is 0 Å². The van der Waals surface area contributed by atoms with Gasteiger partial charge in [-0.2, -0.15) is 0 Å². The highest BCUT2D eigenvalue weighted by atomic mass is 16.5. The van der Waals surface area contributed by atoms with Crippen molar-refractivity contribution in [2.75, 3.05) is 13.7 Å². The first-order valence-corrected chi connectivity index (χ1v) is 8.33. The molecule has 0 amide bonds. The molecule has 1 aliphatic rings. The van der Waals surface area contributed by atoms with Crippen LogP contribution >= 0.6 is 0 Å². The zero-order chi connectivity index (χ0) is 16.2. The Labute approximate surface area is 130 Å². The lowest BCUT2D eigenvalue weighted by molar-refractivity contribution is -0.149. The number of nitrogens with one attached hydrogen (secondary N) is 1. The normalized spacial score (nSPS) is 26.3. The van der Waals surface area contributed by atoms with Crippen molar-refractivity contribution < 1.29 is 9.53 Å². The molecule has 4 heteroatoms. The quantitative estimate of drug-likeness (QED) is 0.734. The van der Waals surface area contributed by atoms with E-state index in [1.165, 1.54) is 7.11 Å². The Morgan fingerprint density at radius 3 is 2.33 bits per heavy atom. The predicted molar refractivity (Wildman–Crippen MR) is 87.3 cm³/mol. The molecule has 0 heterocycles. The summed E-state index contributed by atoms with van der Waals surface area (Å²) in [6.07, 6.45) is 2.77. The maximum Gasteiger partial charge on any atom is 0.326 e. The first-order valence-electron chi connectivity index (χ1n) is 8.33. The topological polar surface area (TPSA) is 41.6 Å². The van der Waals surface area contributed by atoms with E-state index in [-0.39, 0.29) is 12.0 Å². The van der Waals surface area contributed by atoms with E-state index in [0.717, 1.165) is 25.8 Å². The highest BCUT2D eigenvalue weighted by molar-refractivity contribution is 5.81. The van der Waals surface area contributed by atoms with Gasteiger partial charge in [0.25, 0.3) is 0 Å². The third-order valence-corrected chi connectivity index (χ3v) is 4.34. The van der Waals surface area contributed by atoms with Crippen molar-refractivity contribution in [3.05, 3.63) is 0 Å². The fourth-order valence-electron chi connectivity index (χ4n) is 3.63. The van der Waals surface area contributed by atoms with Gasteiger partial charge in [-0.1, -0.05) is 13.8 Å². The summed E-state index contributed by atoms with van der Waals surface area (Å²) in [5.41, 5.74) is -0.502. The van der Waals surface area contributed by atoms with Crippen LogP contribution in [0.15, 0.2) is 0 Å². The first-order chi connectivity index (χ1) is 9.71. The number of hydrogen-bond donors (Lipinski definition) is 1. The number of carbonyl (C=O) groups is 1. The van der Waals surface area contributed by atoms with Crippen molar-refractivity contribution in [3.63, 3.8) is 0 Å². The van der Waals surface area contributed by atoms with Crippen LogP contribution in [0.25, 0.3) is 0 Å². The molecule has 0 aromatic rings. The largest absolute Gasteiger partial charge is 0.468 e. The van der Waals surface area contributed by atoms with Crippen LogP contribution in [-0.4, -0.2) is 48.2 Å². The minimum atomic E-state index is -0.502. The molecule has 0 aromatic carbocycles. The average Bonchev–Trinajstić information content (AvgIpc) is 2.78. The molecule has 0 saturated heterocycles. The van der Waals surface area contributed by atoms with Crippen LogP contribution < -0.4 is 5.32 Å². The van der Waals surface area contributed by atoms with Gasteiger partial charge in [-0.05, 0) is 52.9 Å². The predicted octanol–water partition coefficient (Wildman–Crippen LogP) is 2.82. The molecular formula is C17H34N2O2. The van der Waals surface area contributed by atoms with Gasteiger partial charge < -0.3 is 4.74 Å². The van der Waals surface area contributed by atoms with Crippen molar-refractivity contribution in [1.29, 1.82) is 0 Å². The Balaban J connectivity index is 2.88. The number of carbonyl (C=O) groups excluding carboxylic acids is 1. The lowest BCUT2D eigenvalue weighted by Gasteiger charge is -2.36. The van der Waals surface area contributed by atoms with Gasteiger partial charge in [-0.15, -0.1) is 0 Å². The summed E-state index contributed by atoms with van der Waals surface area (Å²) in [5, 5.41) is 3.48. The standard InChI is InChI=1S/C17H34N2O2/c1-12(2)11-19(14(5)6)15-8-9-17(10-15,16(20)21-7)18-13(3)4/h12-15,18H,8-11H2,1-7H3. The number of ether oxygens (including phenoxy) is 1. The van der Waals surface area contributed by atoms with Gasteiger partial charge in [0.1, 0.15) is 5.54 Å². The zero-order valence-corrected chi connectivity index (χ0v) is 14.9. The highest BCUT2D eigenvalue weighted by Gasteiger charge is 2.48. The highest BCUT2D eigenvalue weighted by Crippen LogP contribution is 2.35. The van der Waals surface area contributed by atoms with Crippen molar-refractivity contribution in [1.82, 2.24) is 10.2 Å². The second-order valence-electron chi connectivity index (χ2n) is 7.45. The molecule has 0 radical (unpaired) electrons. The summed E-state index contributed by atoms with van der Waals surface area (Å²) in [5.74, 6) is 0.533. The number of hydrogen-bond acceptors (Lipinski definition) is 4. The monoisotopic (exact) mass is 298 g/mol. The third kappa shape index (κ3) is 4.68. The molecular weight excluding hydrogens is 264 g/mol. The minimum Gasteiger partial charge on any atom is -0.468 e. The lowest BCUT2D eigenvalue weighted by atomic mass is 9.95. The molecule has 1 fully saturated rings. The summed E-state index contributed by atoms with van der Waals surface area (Å²) < 4.78 is 5.09. The first kappa shape index (κ1) is 18.4. The van der Waals surface area contributed by atoms with Gasteiger partial charge in [-0.3, -0.25) is 15.0 Å². The van der Waals surface area contributed by atoms with Crippen LogP contribution in [0.3, 0.4) is 0 Å². The Morgan fingerprint density at radius 1 is 1.29 bits per heavy atom. The van der Waals surface area contributed by atoms with E-state index in [1.807, 2.05) is 0 Å². The van der Waals surface area contributed by atoms with Gasteiger partial charge in [0.2, 0.25) is 0 Å². The smallest absolute Gasteiger partial charge is 0.326 e. The molecule has 1 N–H and O–H groups in total. The molecule has 1 rings (SSSR count). The van der Waals surface area contributed by atoms with E-state index in [9.17, 15) is 4.79 Å². The summed E-state index contributed by atoms with van der Waals surface area (Å²) in [6.45, 7) is 14.3. The second kappa shape index (κ2) is 7.59. The van der Waals surface area contributed by atoms with Crippen LogP contribution in [0.1, 0.15) is 60.8 Å². The van der Waals surface area contributed by atoms with Crippen molar-refractivity contribution in [2.24, 2.45) is 5.92 Å². The maximum absolute atomic E-state index is 12.3. The number of methoxy groups -OCH3 is 1. The molecule has 0 aromatic heterocycles. The molecule has 124 valence electrons. The van der Waals surface area contributed by atoms with Crippen LogP contribution in [-0.2, 0) is 9.53 Å². The van der Waals surface area contributed by atoms with E-state index < -0.39 is 5.54 Å². The fourth-order valence-corrected chi connectivity index (χ4v) is 3.63. The van der Waals surface area contributed by atoms with E-state index in [0.29, 0.717) is 18.0 Å². The third-order valence-electron chi connectivity index (χ3n) is 4.34. The molecule has 4 nitrogen and oxygen atoms in total. The van der Waals surface area contributed by atoms with Gasteiger partial charge >= 0.3 is 5.97 Å². The molecule has 1 saturated carbocycles. The van der Waals surface area contributed by atoms with Crippen molar-refractivity contribution >= 4 is 5.97 Å². The molecule has 0 spiro atoms. The summed E-state index contributed by atoms with van der Waals surface area (Å²) in [7, 11) is 1.49.